The van der Waals surface area contributed by atoms with Gasteiger partial charge in [0, 0.05) is 11.3 Å². The lowest BCUT2D eigenvalue weighted by Gasteiger charge is -2.26. The Kier molecular flexibility index (Phi) is 3.10. The maximum Gasteiger partial charge on any atom is 0.157 e. The maximum atomic E-state index is 4.82. The van der Waals surface area contributed by atoms with Crippen LogP contribution in [0.15, 0.2) is 35.3 Å². The van der Waals surface area contributed by atoms with Crippen LogP contribution in [0.5, 0.6) is 0 Å². The molecule has 18 heavy (non-hydrogen) atoms. The largest absolute Gasteiger partial charge is 0.360 e. The van der Waals surface area contributed by atoms with Gasteiger partial charge in [-0.15, -0.1) is 0 Å². The summed E-state index contributed by atoms with van der Waals surface area (Å²) in [7, 11) is 0. The van der Waals surface area contributed by atoms with Crippen molar-refractivity contribution in [2.45, 2.75) is 38.3 Å². The summed E-state index contributed by atoms with van der Waals surface area (Å²) in [5.74, 6) is 1.89. The number of nitrogens with one attached hydrogen (secondary N) is 1. The molecule has 1 aromatic carbocycles. The summed E-state index contributed by atoms with van der Waals surface area (Å²) in [6, 6.07) is 10.9. The van der Waals surface area contributed by atoms with E-state index in [2.05, 4.69) is 49.5 Å². The van der Waals surface area contributed by atoms with E-state index in [1.165, 1.54) is 18.4 Å². The molecule has 0 saturated heterocycles. The summed E-state index contributed by atoms with van der Waals surface area (Å²) in [6.07, 6.45) is 2.72. The highest BCUT2D eigenvalue weighted by atomic mass is 32.2. The molecule has 0 bridgehead atoms. The highest BCUT2D eigenvalue weighted by molar-refractivity contribution is 8.14. The van der Waals surface area contributed by atoms with Crippen molar-refractivity contribution in [3.8, 4) is 0 Å². The summed E-state index contributed by atoms with van der Waals surface area (Å²) in [5.41, 5.74) is 1.53. The number of hydrogen-bond donors (Lipinski definition) is 1. The minimum Gasteiger partial charge on any atom is -0.360 e. The second kappa shape index (κ2) is 4.61. The first-order valence-corrected chi connectivity index (χ1v) is 7.67. The van der Waals surface area contributed by atoms with E-state index < -0.39 is 0 Å². The first-order chi connectivity index (χ1) is 8.65. The number of amidine groups is 1. The van der Waals surface area contributed by atoms with Gasteiger partial charge in [-0.2, -0.15) is 0 Å². The van der Waals surface area contributed by atoms with Crippen LogP contribution < -0.4 is 5.32 Å². The fourth-order valence-corrected chi connectivity index (χ4v) is 3.59. The van der Waals surface area contributed by atoms with Crippen molar-refractivity contribution in [2.24, 2.45) is 10.9 Å². The van der Waals surface area contributed by atoms with Crippen molar-refractivity contribution >= 4 is 16.9 Å². The van der Waals surface area contributed by atoms with Gasteiger partial charge < -0.3 is 5.32 Å². The summed E-state index contributed by atoms with van der Waals surface area (Å²) in [5, 5.41) is 4.76. The van der Waals surface area contributed by atoms with Crippen molar-refractivity contribution in [2.75, 3.05) is 5.75 Å². The Hall–Kier alpha value is -0.960. The quantitative estimate of drug-likeness (QED) is 0.898. The van der Waals surface area contributed by atoms with E-state index in [0.29, 0.717) is 6.04 Å². The fourth-order valence-electron chi connectivity index (χ4n) is 2.47. The van der Waals surface area contributed by atoms with Crippen molar-refractivity contribution in [3.63, 3.8) is 0 Å². The van der Waals surface area contributed by atoms with Gasteiger partial charge in [-0.05, 0) is 38.2 Å². The van der Waals surface area contributed by atoms with E-state index in [9.17, 15) is 0 Å². The minimum atomic E-state index is 0.206. The van der Waals surface area contributed by atoms with Crippen LogP contribution in [0, 0.1) is 5.92 Å². The molecule has 1 heterocycles. The highest BCUT2D eigenvalue weighted by Gasteiger charge is 2.39. The van der Waals surface area contributed by atoms with Crippen LogP contribution in [0.3, 0.4) is 0 Å². The third-order valence-corrected chi connectivity index (χ3v) is 4.83. The van der Waals surface area contributed by atoms with Crippen LogP contribution in [0.1, 0.15) is 38.3 Å². The lowest BCUT2D eigenvalue weighted by Crippen LogP contribution is -2.43. The number of rotatable bonds is 3. The Morgan fingerprint density at radius 2 is 1.94 bits per heavy atom. The molecule has 0 radical (unpaired) electrons. The lowest BCUT2D eigenvalue weighted by molar-refractivity contribution is 0.404. The smallest absolute Gasteiger partial charge is 0.157 e. The van der Waals surface area contributed by atoms with Crippen LogP contribution >= 0.6 is 11.8 Å². The van der Waals surface area contributed by atoms with Crippen molar-refractivity contribution in [1.29, 1.82) is 0 Å². The van der Waals surface area contributed by atoms with Crippen molar-refractivity contribution in [1.82, 2.24) is 5.32 Å². The SMILES string of the molecule is CC(C)(NC1=NC(c2ccccc2)CS1)C1CC1. The Balaban J connectivity index is 1.68. The van der Waals surface area contributed by atoms with Crippen LogP contribution in [-0.4, -0.2) is 16.5 Å². The monoisotopic (exact) mass is 260 g/mol. The third-order valence-electron chi connectivity index (χ3n) is 3.86. The lowest BCUT2D eigenvalue weighted by atomic mass is 9.99. The van der Waals surface area contributed by atoms with Crippen molar-refractivity contribution < 1.29 is 0 Å². The molecular weight excluding hydrogens is 240 g/mol. The summed E-state index contributed by atoms with van der Waals surface area (Å²) in [4.78, 5) is 4.82. The van der Waals surface area contributed by atoms with E-state index in [-0.39, 0.29) is 5.54 Å². The van der Waals surface area contributed by atoms with Gasteiger partial charge in [-0.3, -0.25) is 4.99 Å². The van der Waals surface area contributed by atoms with Gasteiger partial charge >= 0.3 is 0 Å². The van der Waals surface area contributed by atoms with Crippen LogP contribution in [0.4, 0.5) is 0 Å². The van der Waals surface area contributed by atoms with Gasteiger partial charge in [0.25, 0.3) is 0 Å². The second-order valence-corrected chi connectivity index (χ2v) is 6.80. The van der Waals surface area contributed by atoms with Crippen LogP contribution in [0.25, 0.3) is 0 Å². The Bertz CT molecular complexity index is 449. The van der Waals surface area contributed by atoms with Gasteiger partial charge in [-0.1, -0.05) is 42.1 Å². The molecule has 1 fully saturated rings. The normalized spacial score (nSPS) is 23.9. The first-order valence-electron chi connectivity index (χ1n) is 6.69. The molecule has 1 unspecified atom stereocenters. The molecule has 96 valence electrons. The average Bonchev–Trinajstić information content (AvgIpc) is 3.13. The molecule has 1 aliphatic heterocycles. The predicted molar refractivity (Wildman–Crippen MR) is 79.0 cm³/mol. The zero-order valence-corrected chi connectivity index (χ0v) is 11.8. The number of nitrogens with zero attached hydrogens (tertiary/aromatic N) is 1. The van der Waals surface area contributed by atoms with E-state index in [0.717, 1.165) is 16.8 Å². The van der Waals surface area contributed by atoms with E-state index in [4.69, 9.17) is 4.99 Å². The topological polar surface area (TPSA) is 24.4 Å². The highest BCUT2D eigenvalue weighted by Crippen LogP contribution is 2.40. The summed E-state index contributed by atoms with van der Waals surface area (Å²) < 4.78 is 0. The average molecular weight is 260 g/mol. The summed E-state index contributed by atoms with van der Waals surface area (Å²) in [6.45, 7) is 4.59. The van der Waals surface area contributed by atoms with Gasteiger partial charge in [0.1, 0.15) is 0 Å². The molecule has 0 spiro atoms. The Labute approximate surface area is 113 Å². The fraction of sp³-hybridized carbons (Fsp3) is 0.533. The first kappa shape index (κ1) is 12.1. The number of aliphatic imine (C=N–C) groups is 1. The molecule has 0 aromatic heterocycles. The van der Waals surface area contributed by atoms with Gasteiger partial charge in [0.15, 0.2) is 5.17 Å². The standard InChI is InChI=1S/C15H20N2S/c1-15(2,12-8-9-12)17-14-16-13(10-18-14)11-6-4-3-5-7-11/h3-7,12-13H,8-10H2,1-2H3,(H,16,17). The van der Waals surface area contributed by atoms with Gasteiger partial charge in [0.2, 0.25) is 0 Å². The zero-order chi connectivity index (χ0) is 12.6. The number of hydrogen-bond acceptors (Lipinski definition) is 3. The molecule has 3 heteroatoms. The molecule has 2 aliphatic rings. The molecule has 1 saturated carbocycles. The van der Waals surface area contributed by atoms with E-state index in [1.54, 1.807) is 0 Å². The molecule has 2 nitrogen and oxygen atoms in total. The Morgan fingerprint density at radius 3 is 2.61 bits per heavy atom. The molecular formula is C15H20N2S. The van der Waals surface area contributed by atoms with E-state index in [1.807, 2.05) is 11.8 Å². The maximum absolute atomic E-state index is 4.82. The van der Waals surface area contributed by atoms with Crippen LogP contribution in [-0.2, 0) is 0 Å². The zero-order valence-electron chi connectivity index (χ0n) is 11.0. The predicted octanol–water partition coefficient (Wildman–Crippen LogP) is 3.61. The number of thioether (sulfide) groups is 1. The minimum absolute atomic E-state index is 0.206. The van der Waals surface area contributed by atoms with Crippen LogP contribution in [0.2, 0.25) is 0 Å². The molecule has 1 aliphatic carbocycles. The third kappa shape index (κ3) is 2.56. The molecule has 0 amide bonds. The van der Waals surface area contributed by atoms with Crippen molar-refractivity contribution in [3.05, 3.63) is 35.9 Å². The molecule has 1 N–H and O–H groups in total. The second-order valence-electron chi connectivity index (χ2n) is 5.79. The van der Waals surface area contributed by atoms with Gasteiger partial charge in [0.05, 0.1) is 6.04 Å². The summed E-state index contributed by atoms with van der Waals surface area (Å²) >= 11 is 1.86. The number of benzene rings is 1. The molecule has 3 rings (SSSR count). The van der Waals surface area contributed by atoms with Gasteiger partial charge in [-0.25, -0.2) is 0 Å². The molecule has 1 atom stereocenters. The molecule has 1 aromatic rings. The van der Waals surface area contributed by atoms with E-state index >= 15 is 0 Å². The Morgan fingerprint density at radius 1 is 1.22 bits per heavy atom.